The molecule has 0 aliphatic carbocycles. The van der Waals surface area contributed by atoms with E-state index in [1.165, 1.54) is 31.2 Å². The van der Waals surface area contributed by atoms with Crippen molar-refractivity contribution in [2.24, 2.45) is 5.92 Å². The zero-order valence-electron chi connectivity index (χ0n) is 24.9. The molecule has 250 valence electrons. The minimum Gasteiger partial charge on any atom is -0.507 e. The molecule has 15 heteroatoms. The number of halogens is 5. The lowest BCUT2D eigenvalue weighted by Gasteiger charge is -2.33. The molecular formula is C32H30F5N3O7. The van der Waals surface area contributed by atoms with Crippen molar-refractivity contribution in [1.29, 1.82) is 0 Å². The second-order valence-corrected chi connectivity index (χ2v) is 11.0. The minimum absolute atomic E-state index is 0.164. The standard InChI is InChI=1S/C32H30F5N3O7/c1-14-28(42)19(13-18-22(33)24(35)26(37)25(36)23(18)34)39-31(45)27(40-29(43)17-10-6-7-11-20(17)41)15(2)38-30(44)21(47-32(14)46)12-16-8-4-3-5-9-16/h3-11,14-15,19,21,27-28,41-42H,12-13H2,1-2H3,(H,38,44)(H,39,45)(H,40,43). The Hall–Kier alpha value is -5.05. The van der Waals surface area contributed by atoms with Gasteiger partial charge in [0.1, 0.15) is 11.8 Å². The summed E-state index contributed by atoms with van der Waals surface area (Å²) in [6, 6.07) is 8.66. The maximum Gasteiger partial charge on any atom is 0.312 e. The van der Waals surface area contributed by atoms with Crippen LogP contribution in [0.5, 0.6) is 5.75 Å². The van der Waals surface area contributed by atoms with Gasteiger partial charge in [-0.15, -0.1) is 0 Å². The first-order valence-corrected chi connectivity index (χ1v) is 14.3. The van der Waals surface area contributed by atoms with Gasteiger partial charge in [-0.2, -0.15) is 0 Å². The van der Waals surface area contributed by atoms with Gasteiger partial charge in [0.25, 0.3) is 11.8 Å². The summed E-state index contributed by atoms with van der Waals surface area (Å²) in [5.74, 6) is -17.7. The molecule has 1 fully saturated rings. The van der Waals surface area contributed by atoms with Gasteiger partial charge in [0.2, 0.25) is 11.7 Å². The fourth-order valence-corrected chi connectivity index (χ4v) is 5.03. The molecule has 5 N–H and O–H groups in total. The van der Waals surface area contributed by atoms with Crippen LogP contribution in [-0.2, 0) is 32.0 Å². The third-order valence-electron chi connectivity index (χ3n) is 7.75. The first kappa shape index (κ1) is 34.8. The van der Waals surface area contributed by atoms with E-state index in [1.807, 2.05) is 0 Å². The summed E-state index contributed by atoms with van der Waals surface area (Å²) in [7, 11) is 0. The second kappa shape index (κ2) is 14.6. The minimum atomic E-state index is -2.43. The highest BCUT2D eigenvalue weighted by atomic mass is 19.2. The van der Waals surface area contributed by atoms with Crippen LogP contribution in [0.3, 0.4) is 0 Å². The van der Waals surface area contributed by atoms with Gasteiger partial charge in [0.15, 0.2) is 29.4 Å². The van der Waals surface area contributed by atoms with Crippen molar-refractivity contribution in [3.05, 3.63) is 100 Å². The second-order valence-electron chi connectivity index (χ2n) is 11.0. The van der Waals surface area contributed by atoms with Crippen molar-refractivity contribution in [2.45, 2.75) is 57.0 Å². The van der Waals surface area contributed by atoms with E-state index >= 15 is 0 Å². The molecule has 47 heavy (non-hydrogen) atoms. The summed E-state index contributed by atoms with van der Waals surface area (Å²) in [4.78, 5) is 53.4. The average Bonchev–Trinajstić information content (AvgIpc) is 3.05. The Morgan fingerprint density at radius 2 is 1.38 bits per heavy atom. The van der Waals surface area contributed by atoms with Crippen LogP contribution in [0.25, 0.3) is 0 Å². The normalized spacial score (nSPS) is 23.9. The average molecular weight is 664 g/mol. The number of aromatic hydroxyl groups is 1. The quantitative estimate of drug-likeness (QED) is 0.118. The summed E-state index contributed by atoms with van der Waals surface area (Å²) in [6.45, 7) is 2.40. The van der Waals surface area contributed by atoms with Gasteiger partial charge in [0.05, 0.1) is 29.7 Å². The van der Waals surface area contributed by atoms with Crippen LogP contribution in [0.15, 0.2) is 54.6 Å². The fourth-order valence-electron chi connectivity index (χ4n) is 5.03. The predicted molar refractivity (Wildman–Crippen MR) is 154 cm³/mol. The molecule has 6 atom stereocenters. The number of aliphatic hydroxyl groups excluding tert-OH is 1. The Labute approximate surface area is 264 Å². The number of para-hydroxylation sites is 1. The molecule has 4 rings (SSSR count). The van der Waals surface area contributed by atoms with Crippen LogP contribution >= 0.6 is 0 Å². The van der Waals surface area contributed by atoms with Crippen LogP contribution in [-0.4, -0.2) is 64.2 Å². The number of aliphatic hydroxyl groups is 1. The van der Waals surface area contributed by atoms with Crippen LogP contribution in [0, 0.1) is 35.0 Å². The zero-order valence-corrected chi connectivity index (χ0v) is 24.9. The lowest BCUT2D eigenvalue weighted by molar-refractivity contribution is -0.164. The number of phenolic OH excluding ortho intramolecular Hbond substituents is 1. The van der Waals surface area contributed by atoms with Crippen LogP contribution in [0.4, 0.5) is 22.0 Å². The summed E-state index contributed by atoms with van der Waals surface area (Å²) in [6.07, 6.45) is -4.98. The number of esters is 1. The van der Waals surface area contributed by atoms with Crippen molar-refractivity contribution in [1.82, 2.24) is 16.0 Å². The highest BCUT2D eigenvalue weighted by Gasteiger charge is 2.40. The fraction of sp³-hybridized carbons (Fsp3) is 0.312. The molecule has 1 aliphatic heterocycles. The van der Waals surface area contributed by atoms with Gasteiger partial charge in [0, 0.05) is 18.4 Å². The largest absolute Gasteiger partial charge is 0.507 e. The van der Waals surface area contributed by atoms with Crippen molar-refractivity contribution in [3.8, 4) is 5.75 Å². The molecule has 3 amide bonds. The number of benzene rings is 3. The molecule has 0 spiro atoms. The molecule has 1 saturated heterocycles. The van der Waals surface area contributed by atoms with E-state index in [2.05, 4.69) is 16.0 Å². The first-order valence-electron chi connectivity index (χ1n) is 14.3. The third-order valence-corrected chi connectivity index (χ3v) is 7.75. The summed E-state index contributed by atoms with van der Waals surface area (Å²) < 4.78 is 76.7. The number of nitrogens with one attached hydrogen (secondary N) is 3. The molecule has 0 radical (unpaired) electrons. The van der Waals surface area contributed by atoms with E-state index in [1.54, 1.807) is 30.3 Å². The number of amides is 3. The first-order chi connectivity index (χ1) is 22.2. The topological polar surface area (TPSA) is 154 Å². The van der Waals surface area contributed by atoms with Crippen LogP contribution < -0.4 is 16.0 Å². The maximum atomic E-state index is 14.7. The molecule has 6 unspecified atom stereocenters. The summed E-state index contributed by atoms with van der Waals surface area (Å²) >= 11 is 0. The van der Waals surface area contributed by atoms with E-state index in [0.717, 1.165) is 6.92 Å². The van der Waals surface area contributed by atoms with E-state index in [9.17, 15) is 51.3 Å². The van der Waals surface area contributed by atoms with E-state index in [-0.39, 0.29) is 12.0 Å². The number of carbonyl (C=O) groups is 4. The summed E-state index contributed by atoms with van der Waals surface area (Å²) in [5, 5.41) is 28.4. The Morgan fingerprint density at radius 1 is 0.809 bits per heavy atom. The van der Waals surface area contributed by atoms with Gasteiger partial charge < -0.3 is 30.9 Å². The van der Waals surface area contributed by atoms with Crippen LogP contribution in [0.1, 0.15) is 35.3 Å². The van der Waals surface area contributed by atoms with Gasteiger partial charge in [-0.3, -0.25) is 19.2 Å². The molecule has 0 bridgehead atoms. The van der Waals surface area contributed by atoms with Gasteiger partial charge in [-0.05, 0) is 31.5 Å². The Morgan fingerprint density at radius 3 is 2.00 bits per heavy atom. The highest BCUT2D eigenvalue weighted by molar-refractivity contribution is 6.00. The van der Waals surface area contributed by atoms with Crippen molar-refractivity contribution < 1.29 is 56.1 Å². The van der Waals surface area contributed by atoms with Crippen LogP contribution in [0.2, 0.25) is 0 Å². The molecule has 0 saturated carbocycles. The lowest BCUT2D eigenvalue weighted by Crippen LogP contribution is -2.62. The molecular weight excluding hydrogens is 633 g/mol. The number of cyclic esters (lactones) is 1. The molecule has 0 aromatic heterocycles. The van der Waals surface area contributed by atoms with Gasteiger partial charge >= 0.3 is 5.97 Å². The van der Waals surface area contributed by atoms with Gasteiger partial charge in [-0.25, -0.2) is 22.0 Å². The number of rotatable bonds is 6. The zero-order chi connectivity index (χ0) is 34.6. The number of hydrogen-bond donors (Lipinski definition) is 5. The van der Waals surface area contributed by atoms with Crippen molar-refractivity contribution in [3.63, 3.8) is 0 Å². The Bertz CT molecular complexity index is 1650. The number of carbonyl (C=O) groups excluding carboxylic acids is 4. The molecule has 3 aromatic carbocycles. The molecule has 1 heterocycles. The maximum absolute atomic E-state index is 14.7. The Balaban J connectivity index is 1.77. The van der Waals surface area contributed by atoms with Crippen molar-refractivity contribution >= 4 is 23.7 Å². The monoisotopic (exact) mass is 663 g/mol. The van der Waals surface area contributed by atoms with E-state index < -0.39 is 107 Å². The van der Waals surface area contributed by atoms with E-state index in [0.29, 0.717) is 5.56 Å². The lowest BCUT2D eigenvalue weighted by atomic mass is 9.91. The van der Waals surface area contributed by atoms with Crippen molar-refractivity contribution in [2.75, 3.05) is 0 Å². The van der Waals surface area contributed by atoms with E-state index in [4.69, 9.17) is 4.74 Å². The highest BCUT2D eigenvalue weighted by Crippen LogP contribution is 2.26. The number of hydrogen-bond acceptors (Lipinski definition) is 7. The third kappa shape index (κ3) is 7.68. The predicted octanol–water partition coefficient (Wildman–Crippen LogP) is 2.58. The smallest absolute Gasteiger partial charge is 0.312 e. The number of phenols is 1. The SMILES string of the molecule is CC1NC(=O)C(Cc2ccccc2)OC(=O)C(C)C(O)C(Cc2c(F)c(F)c(F)c(F)c2F)NC(=O)C1NC(=O)c1ccccc1O. The number of ether oxygens (including phenoxy) is 1. The molecule has 10 nitrogen and oxygen atoms in total. The summed E-state index contributed by atoms with van der Waals surface area (Å²) in [5.41, 5.74) is -1.11. The molecule has 1 aliphatic rings. The Kier molecular flexibility index (Phi) is 10.8. The van der Waals surface area contributed by atoms with Gasteiger partial charge in [-0.1, -0.05) is 42.5 Å². The molecule has 3 aromatic rings.